The minimum Gasteiger partial charge on any atom is -0.465 e. The minimum atomic E-state index is -0.903. The summed E-state index contributed by atoms with van der Waals surface area (Å²) >= 11 is 2.42. The van der Waals surface area contributed by atoms with E-state index in [4.69, 9.17) is 4.74 Å². The zero-order valence-corrected chi connectivity index (χ0v) is 14.0. The van der Waals surface area contributed by atoms with Gasteiger partial charge in [-0.3, -0.25) is 14.9 Å². The number of amides is 2. The normalized spacial score (nSPS) is 20.4. The topological polar surface area (TPSA) is 72.5 Å². The Kier molecular flexibility index (Phi) is 3.99. The van der Waals surface area contributed by atoms with Crippen LogP contribution in [-0.2, 0) is 14.3 Å². The lowest BCUT2D eigenvalue weighted by Crippen LogP contribution is -2.30. The summed E-state index contributed by atoms with van der Waals surface area (Å²) in [7, 11) is 1.34. The average molecular weight is 347 g/mol. The Morgan fingerprint density at radius 3 is 2.65 bits per heavy atom. The third kappa shape index (κ3) is 2.77. The molecule has 0 saturated carbocycles. The van der Waals surface area contributed by atoms with Gasteiger partial charge in [-0.25, -0.2) is 4.79 Å². The summed E-state index contributed by atoms with van der Waals surface area (Å²) in [6.07, 6.45) is 0. The summed E-state index contributed by atoms with van der Waals surface area (Å²) in [5.74, 6) is -0.698. The van der Waals surface area contributed by atoms with Gasteiger partial charge in [0.1, 0.15) is 4.75 Å². The maximum atomic E-state index is 12.0. The van der Waals surface area contributed by atoms with E-state index in [1.807, 2.05) is 18.2 Å². The number of hydrogen-bond donors (Lipinski definition) is 1. The van der Waals surface area contributed by atoms with Gasteiger partial charge < -0.3 is 4.74 Å². The number of esters is 1. The number of thioether (sulfide) groups is 1. The van der Waals surface area contributed by atoms with E-state index in [1.54, 1.807) is 25.1 Å². The molecule has 1 saturated heterocycles. The number of rotatable bonds is 3. The smallest absolute Gasteiger partial charge is 0.337 e. The quantitative estimate of drug-likeness (QED) is 0.862. The lowest BCUT2D eigenvalue weighted by molar-refractivity contribution is -0.121. The second-order valence-electron chi connectivity index (χ2n) is 5.11. The lowest BCUT2D eigenvalue weighted by Gasteiger charge is -2.15. The van der Waals surface area contributed by atoms with Crippen LogP contribution in [0, 0.1) is 0 Å². The number of thiophene rings is 1. The summed E-state index contributed by atoms with van der Waals surface area (Å²) in [4.78, 5) is 36.8. The molecule has 5 nitrogen and oxygen atoms in total. The second-order valence-corrected chi connectivity index (χ2v) is 7.59. The first-order valence-electron chi connectivity index (χ1n) is 6.77. The number of benzene rings is 1. The van der Waals surface area contributed by atoms with Crippen molar-refractivity contribution in [3.8, 4) is 10.4 Å². The van der Waals surface area contributed by atoms with Crippen molar-refractivity contribution in [2.45, 2.75) is 11.7 Å². The molecule has 0 aliphatic carbocycles. The van der Waals surface area contributed by atoms with Crippen LogP contribution in [0.5, 0.6) is 0 Å². The van der Waals surface area contributed by atoms with Crippen molar-refractivity contribution in [3.05, 3.63) is 46.8 Å². The molecule has 0 spiro atoms. The second kappa shape index (κ2) is 5.82. The van der Waals surface area contributed by atoms with Gasteiger partial charge in [-0.15, -0.1) is 11.3 Å². The van der Waals surface area contributed by atoms with Gasteiger partial charge in [0.05, 0.1) is 12.7 Å². The van der Waals surface area contributed by atoms with E-state index in [9.17, 15) is 14.4 Å². The SMILES string of the molecule is COC(=O)c1cccc(-c2ccc(C3(C)SC(=O)NC3=O)s2)c1. The molecule has 2 amide bonds. The zero-order valence-electron chi connectivity index (χ0n) is 12.4. The van der Waals surface area contributed by atoms with Gasteiger partial charge in [-0.1, -0.05) is 12.1 Å². The Labute approximate surface area is 141 Å². The number of carbonyl (C=O) groups excluding carboxylic acids is 3. The molecule has 23 heavy (non-hydrogen) atoms. The molecule has 1 aliphatic rings. The van der Waals surface area contributed by atoms with Gasteiger partial charge in [0, 0.05) is 9.75 Å². The third-order valence-corrected chi connectivity index (χ3v) is 6.18. The molecule has 1 aliphatic heterocycles. The molecule has 0 bridgehead atoms. The van der Waals surface area contributed by atoms with Crippen molar-refractivity contribution in [1.29, 1.82) is 0 Å². The molecule has 3 rings (SSSR count). The van der Waals surface area contributed by atoms with Gasteiger partial charge in [0.15, 0.2) is 0 Å². The summed E-state index contributed by atoms with van der Waals surface area (Å²) in [5.41, 5.74) is 1.33. The molecule has 7 heteroatoms. The van der Waals surface area contributed by atoms with Gasteiger partial charge in [0.2, 0.25) is 5.91 Å². The highest BCUT2D eigenvalue weighted by Gasteiger charge is 2.46. The first kappa shape index (κ1) is 15.8. The van der Waals surface area contributed by atoms with Crippen molar-refractivity contribution in [3.63, 3.8) is 0 Å². The fourth-order valence-corrected chi connectivity index (χ4v) is 4.42. The van der Waals surface area contributed by atoms with Crippen molar-refractivity contribution in [1.82, 2.24) is 5.32 Å². The van der Waals surface area contributed by atoms with Gasteiger partial charge >= 0.3 is 5.97 Å². The Balaban J connectivity index is 1.95. The Morgan fingerprint density at radius 1 is 1.22 bits per heavy atom. The van der Waals surface area contributed by atoms with E-state index in [0.29, 0.717) is 5.56 Å². The van der Waals surface area contributed by atoms with E-state index < -0.39 is 10.7 Å². The van der Waals surface area contributed by atoms with Crippen LogP contribution in [0.4, 0.5) is 4.79 Å². The van der Waals surface area contributed by atoms with Crippen molar-refractivity contribution in [2.24, 2.45) is 0 Å². The van der Waals surface area contributed by atoms with Crippen LogP contribution in [0.25, 0.3) is 10.4 Å². The highest BCUT2D eigenvalue weighted by Crippen LogP contribution is 2.45. The fourth-order valence-electron chi connectivity index (χ4n) is 2.30. The average Bonchev–Trinajstić information content (AvgIpc) is 3.13. The molecule has 1 aromatic carbocycles. The van der Waals surface area contributed by atoms with E-state index in [0.717, 1.165) is 27.1 Å². The Hall–Kier alpha value is -2.12. The molecule has 1 atom stereocenters. The maximum absolute atomic E-state index is 12.0. The number of nitrogens with one attached hydrogen (secondary N) is 1. The molecule has 1 unspecified atom stereocenters. The van der Waals surface area contributed by atoms with E-state index >= 15 is 0 Å². The van der Waals surface area contributed by atoms with Gasteiger partial charge in [-0.2, -0.15) is 0 Å². The molecular weight excluding hydrogens is 334 g/mol. The van der Waals surface area contributed by atoms with E-state index in [-0.39, 0.29) is 11.1 Å². The van der Waals surface area contributed by atoms with Crippen LogP contribution in [0.3, 0.4) is 0 Å². The van der Waals surface area contributed by atoms with E-state index in [2.05, 4.69) is 5.32 Å². The summed E-state index contributed by atoms with van der Waals surface area (Å²) in [6.45, 7) is 1.73. The molecule has 2 aromatic rings. The largest absolute Gasteiger partial charge is 0.465 e. The van der Waals surface area contributed by atoms with Gasteiger partial charge in [0.25, 0.3) is 5.24 Å². The van der Waals surface area contributed by atoms with Crippen molar-refractivity contribution >= 4 is 40.2 Å². The molecule has 1 fully saturated rings. The monoisotopic (exact) mass is 347 g/mol. The Morgan fingerprint density at radius 2 is 2.00 bits per heavy atom. The van der Waals surface area contributed by atoms with Crippen LogP contribution in [0.1, 0.15) is 22.2 Å². The van der Waals surface area contributed by atoms with Crippen molar-refractivity contribution < 1.29 is 19.1 Å². The molecule has 0 radical (unpaired) electrons. The lowest BCUT2D eigenvalue weighted by atomic mass is 10.1. The first-order valence-corrected chi connectivity index (χ1v) is 8.41. The van der Waals surface area contributed by atoms with Crippen LogP contribution >= 0.6 is 23.1 Å². The third-order valence-electron chi connectivity index (χ3n) is 3.59. The van der Waals surface area contributed by atoms with Crippen LogP contribution in [0.15, 0.2) is 36.4 Å². The predicted octanol–water partition coefficient (Wildman–Crippen LogP) is 3.40. The molecule has 1 aromatic heterocycles. The number of imide groups is 1. The fraction of sp³-hybridized carbons (Fsp3) is 0.188. The summed E-state index contributed by atoms with van der Waals surface area (Å²) in [5, 5.41) is 1.98. The van der Waals surface area contributed by atoms with Crippen LogP contribution in [-0.4, -0.2) is 24.2 Å². The molecule has 2 heterocycles. The summed E-state index contributed by atoms with van der Waals surface area (Å²) < 4.78 is 3.82. The van der Waals surface area contributed by atoms with Crippen molar-refractivity contribution in [2.75, 3.05) is 7.11 Å². The first-order chi connectivity index (χ1) is 10.9. The highest BCUT2D eigenvalue weighted by molar-refractivity contribution is 8.15. The van der Waals surface area contributed by atoms with Gasteiger partial charge in [-0.05, 0) is 48.5 Å². The summed E-state index contributed by atoms with van der Waals surface area (Å²) in [6, 6.07) is 10.8. The van der Waals surface area contributed by atoms with E-state index in [1.165, 1.54) is 18.4 Å². The van der Waals surface area contributed by atoms with Crippen LogP contribution < -0.4 is 5.32 Å². The van der Waals surface area contributed by atoms with Crippen LogP contribution in [0.2, 0.25) is 0 Å². The molecule has 118 valence electrons. The number of methoxy groups -OCH3 is 1. The standard InChI is InChI=1S/C16H13NO4S2/c1-16(14(19)17-15(20)23-16)12-7-6-11(22-12)9-4-3-5-10(8-9)13(18)21-2/h3-8H,1-2H3,(H,17,19,20). The predicted molar refractivity (Wildman–Crippen MR) is 89.6 cm³/mol. The molecule has 1 N–H and O–H groups in total. The molecular formula is C16H13NO4S2. The highest BCUT2D eigenvalue weighted by atomic mass is 32.2. The minimum absolute atomic E-state index is 0.302. The Bertz CT molecular complexity index is 814. The number of carbonyl (C=O) groups is 3. The number of hydrogen-bond acceptors (Lipinski definition) is 6. The maximum Gasteiger partial charge on any atom is 0.337 e. The number of ether oxygens (including phenoxy) is 1. The zero-order chi connectivity index (χ0) is 16.6.